The lowest BCUT2D eigenvalue weighted by molar-refractivity contribution is 0.0741. The first-order valence-electron chi connectivity index (χ1n) is 10.4. The van der Waals surface area contributed by atoms with Crippen LogP contribution in [-0.2, 0) is 9.84 Å². The molecule has 29 heavy (non-hydrogen) atoms. The first kappa shape index (κ1) is 21.6. The number of aryl methyl sites for hydroxylation is 1. The third-order valence-corrected chi connectivity index (χ3v) is 7.48. The molecule has 0 radical (unpaired) electrons. The van der Waals surface area contributed by atoms with Crippen molar-refractivity contribution in [1.82, 2.24) is 9.47 Å². The lowest BCUT2D eigenvalue weighted by Crippen LogP contribution is -2.30. The van der Waals surface area contributed by atoms with Gasteiger partial charge >= 0.3 is 0 Å². The van der Waals surface area contributed by atoms with Gasteiger partial charge in [0.05, 0.1) is 16.5 Å². The first-order valence-corrected chi connectivity index (χ1v) is 12.3. The van der Waals surface area contributed by atoms with Gasteiger partial charge in [-0.15, -0.1) is 0 Å². The fourth-order valence-electron chi connectivity index (χ4n) is 4.48. The Bertz CT molecular complexity index is 984. The maximum atomic E-state index is 13.3. The lowest BCUT2D eigenvalue weighted by atomic mass is 9.95. The molecule has 1 amide bonds. The molecule has 1 aromatic carbocycles. The molecule has 0 spiro atoms. The topological polar surface area (TPSA) is 59.4 Å². The predicted molar refractivity (Wildman–Crippen MR) is 116 cm³/mol. The number of hydrogen-bond acceptors (Lipinski definition) is 3. The van der Waals surface area contributed by atoms with Crippen molar-refractivity contribution >= 4 is 15.7 Å². The largest absolute Gasteiger partial charge is 0.345 e. The van der Waals surface area contributed by atoms with Gasteiger partial charge in [0.15, 0.2) is 9.84 Å². The molecule has 6 heteroatoms. The first-order chi connectivity index (χ1) is 13.6. The molecule has 0 unspecified atom stereocenters. The molecule has 3 rings (SSSR count). The minimum Gasteiger partial charge on any atom is -0.345 e. The van der Waals surface area contributed by atoms with Crippen molar-refractivity contribution in [3.05, 3.63) is 52.8 Å². The van der Waals surface area contributed by atoms with Gasteiger partial charge < -0.3 is 9.47 Å². The van der Waals surface area contributed by atoms with Gasteiger partial charge in [-0.2, -0.15) is 0 Å². The van der Waals surface area contributed by atoms with Crippen LogP contribution in [0.4, 0.5) is 0 Å². The van der Waals surface area contributed by atoms with Gasteiger partial charge in [0.1, 0.15) is 0 Å². The molecule has 1 fully saturated rings. The highest BCUT2D eigenvalue weighted by Crippen LogP contribution is 2.33. The zero-order valence-corrected chi connectivity index (χ0v) is 18.9. The molecule has 0 saturated heterocycles. The summed E-state index contributed by atoms with van der Waals surface area (Å²) in [6.45, 7) is 6.10. The Kier molecular flexibility index (Phi) is 6.22. The van der Waals surface area contributed by atoms with Gasteiger partial charge in [-0.05, 0) is 57.4 Å². The van der Waals surface area contributed by atoms with Crippen LogP contribution < -0.4 is 0 Å². The summed E-state index contributed by atoms with van der Waals surface area (Å²) in [5.74, 6) is -0.000140. The van der Waals surface area contributed by atoms with Gasteiger partial charge in [-0.25, -0.2) is 8.42 Å². The molecule has 1 heterocycles. The molecule has 0 aliphatic heterocycles. The second kappa shape index (κ2) is 8.34. The van der Waals surface area contributed by atoms with Crippen molar-refractivity contribution in [3.63, 3.8) is 0 Å². The summed E-state index contributed by atoms with van der Waals surface area (Å²) < 4.78 is 25.7. The summed E-state index contributed by atoms with van der Waals surface area (Å²) in [4.78, 5) is 15.3. The maximum Gasteiger partial charge on any atom is 0.255 e. The Morgan fingerprint density at radius 3 is 2.24 bits per heavy atom. The van der Waals surface area contributed by atoms with Crippen LogP contribution in [0.5, 0.6) is 0 Å². The molecule has 5 nitrogen and oxygen atoms in total. The smallest absolute Gasteiger partial charge is 0.255 e. The summed E-state index contributed by atoms with van der Waals surface area (Å²) in [5, 5.41) is 0. The number of amides is 1. The molecular weight excluding hydrogens is 384 g/mol. The van der Waals surface area contributed by atoms with Crippen molar-refractivity contribution in [2.45, 2.75) is 69.9 Å². The molecular formula is C23H32N2O3S. The molecule has 158 valence electrons. The van der Waals surface area contributed by atoms with E-state index in [1.165, 1.54) is 38.4 Å². The van der Waals surface area contributed by atoms with E-state index in [0.29, 0.717) is 10.9 Å². The van der Waals surface area contributed by atoms with Crippen LogP contribution in [0.15, 0.2) is 35.2 Å². The minimum absolute atomic E-state index is 0.000140. The zero-order chi connectivity index (χ0) is 21.3. The lowest BCUT2D eigenvalue weighted by Gasteiger charge is -2.27. The average molecular weight is 417 g/mol. The van der Waals surface area contributed by atoms with E-state index in [2.05, 4.69) is 11.5 Å². The summed E-state index contributed by atoms with van der Waals surface area (Å²) in [6, 6.07) is 9.14. The fraction of sp³-hybridized carbons (Fsp3) is 0.522. The van der Waals surface area contributed by atoms with Gasteiger partial charge in [0.25, 0.3) is 5.91 Å². The summed E-state index contributed by atoms with van der Waals surface area (Å²) in [6.07, 6.45) is 7.38. The molecule has 1 aliphatic rings. The molecule has 1 saturated carbocycles. The quantitative estimate of drug-likeness (QED) is 0.700. The number of sulfone groups is 1. The monoisotopic (exact) mass is 416 g/mol. The average Bonchev–Trinajstić information content (AvgIpc) is 3.00. The highest BCUT2D eigenvalue weighted by Gasteiger charge is 2.26. The molecule has 1 aromatic heterocycles. The fourth-order valence-corrected chi connectivity index (χ4v) is 5.11. The van der Waals surface area contributed by atoms with Crippen molar-refractivity contribution in [1.29, 1.82) is 0 Å². The van der Waals surface area contributed by atoms with Crippen LogP contribution in [0.3, 0.4) is 0 Å². The third kappa shape index (κ3) is 4.42. The molecule has 0 N–H and O–H groups in total. The van der Waals surface area contributed by atoms with Crippen molar-refractivity contribution < 1.29 is 13.2 Å². The van der Waals surface area contributed by atoms with Crippen molar-refractivity contribution in [2.75, 3.05) is 13.3 Å². The molecule has 1 atom stereocenters. The van der Waals surface area contributed by atoms with Gasteiger partial charge in [0.2, 0.25) is 0 Å². The standard InChI is InChI=1S/C23H32N2O3S/c1-16-15-22(18(3)25(16)20-9-7-6-8-10-20)23(26)24(4)17(2)19-11-13-21(14-12-19)29(5,27)28/h11-15,17,20H,6-10H2,1-5H3/t17-/m0/s1. The number of hydrogen-bond donors (Lipinski definition) is 0. The van der Waals surface area contributed by atoms with Crippen LogP contribution in [0.2, 0.25) is 0 Å². The highest BCUT2D eigenvalue weighted by molar-refractivity contribution is 7.90. The number of aromatic nitrogens is 1. The second-order valence-corrected chi connectivity index (χ2v) is 10.4. The van der Waals surface area contributed by atoms with E-state index in [4.69, 9.17) is 0 Å². The van der Waals surface area contributed by atoms with Crippen LogP contribution >= 0.6 is 0 Å². The van der Waals surface area contributed by atoms with Crippen molar-refractivity contribution in [3.8, 4) is 0 Å². The van der Waals surface area contributed by atoms with E-state index < -0.39 is 9.84 Å². The van der Waals surface area contributed by atoms with E-state index in [0.717, 1.165) is 22.5 Å². The van der Waals surface area contributed by atoms with E-state index in [1.807, 2.05) is 27.0 Å². The van der Waals surface area contributed by atoms with Crippen LogP contribution in [-0.4, -0.2) is 37.1 Å². The van der Waals surface area contributed by atoms with Crippen LogP contribution in [0.25, 0.3) is 0 Å². The predicted octanol–water partition coefficient (Wildman–Crippen LogP) is 4.85. The van der Waals surface area contributed by atoms with Crippen LogP contribution in [0.1, 0.15) is 78.4 Å². The summed E-state index contributed by atoms with van der Waals surface area (Å²) in [5.41, 5.74) is 3.87. The minimum atomic E-state index is -3.23. The van der Waals surface area contributed by atoms with E-state index in [-0.39, 0.29) is 11.9 Å². The zero-order valence-electron chi connectivity index (χ0n) is 18.1. The Labute approximate surface area is 174 Å². The van der Waals surface area contributed by atoms with E-state index >= 15 is 0 Å². The number of carbonyl (C=O) groups excluding carboxylic acids is 1. The van der Waals surface area contributed by atoms with E-state index in [1.54, 1.807) is 29.2 Å². The summed E-state index contributed by atoms with van der Waals surface area (Å²) in [7, 11) is -1.42. The summed E-state index contributed by atoms with van der Waals surface area (Å²) >= 11 is 0. The van der Waals surface area contributed by atoms with Crippen molar-refractivity contribution in [2.24, 2.45) is 0 Å². The van der Waals surface area contributed by atoms with Crippen LogP contribution in [0, 0.1) is 13.8 Å². The number of nitrogens with zero attached hydrogens (tertiary/aromatic N) is 2. The SMILES string of the molecule is Cc1cc(C(=O)N(C)[C@@H](C)c2ccc(S(C)(=O)=O)cc2)c(C)n1C1CCCCC1. The highest BCUT2D eigenvalue weighted by atomic mass is 32.2. The number of carbonyl (C=O) groups is 1. The van der Waals surface area contributed by atoms with E-state index in [9.17, 15) is 13.2 Å². The second-order valence-electron chi connectivity index (χ2n) is 8.38. The van der Waals surface area contributed by atoms with Gasteiger partial charge in [-0.1, -0.05) is 31.4 Å². The number of benzene rings is 1. The van der Waals surface area contributed by atoms with Gasteiger partial charge in [0, 0.05) is 30.7 Å². The van der Waals surface area contributed by atoms with Gasteiger partial charge in [-0.3, -0.25) is 4.79 Å². The normalized spacial score (nSPS) is 16.6. The Hall–Kier alpha value is -2.08. The Morgan fingerprint density at radius 1 is 1.10 bits per heavy atom. The Morgan fingerprint density at radius 2 is 1.69 bits per heavy atom. The molecule has 2 aromatic rings. The third-order valence-electron chi connectivity index (χ3n) is 6.35. The Balaban J connectivity index is 1.82. The molecule has 0 bridgehead atoms. The molecule has 1 aliphatic carbocycles. The number of rotatable bonds is 5. The maximum absolute atomic E-state index is 13.3.